The van der Waals surface area contributed by atoms with Crippen molar-refractivity contribution in [3.63, 3.8) is 0 Å². The van der Waals surface area contributed by atoms with E-state index in [1.54, 1.807) is 24.3 Å². The Hall–Kier alpha value is -1.42. The number of hydrogen-bond donors (Lipinski definition) is 0. The third-order valence-corrected chi connectivity index (χ3v) is 3.04. The number of ketones is 1. The van der Waals surface area contributed by atoms with Crippen molar-refractivity contribution in [3.05, 3.63) is 57.7 Å². The van der Waals surface area contributed by atoms with Crippen molar-refractivity contribution in [1.29, 1.82) is 0 Å². The van der Waals surface area contributed by atoms with Crippen molar-refractivity contribution >= 4 is 21.7 Å². The summed E-state index contributed by atoms with van der Waals surface area (Å²) in [5.41, 5.74) is 0.0105. The summed E-state index contributed by atoms with van der Waals surface area (Å²) in [7, 11) is 0. The summed E-state index contributed by atoms with van der Waals surface area (Å²) in [4.78, 5) is 12.0. The molecule has 0 atom stereocenters. The third-order valence-electron chi connectivity index (χ3n) is 2.43. The van der Waals surface area contributed by atoms with Gasteiger partial charge in [-0.15, -0.1) is 0 Å². The molecule has 0 amide bonds. The molecule has 0 saturated heterocycles. The van der Waals surface area contributed by atoms with Crippen LogP contribution in [0.2, 0.25) is 0 Å². The average molecular weight is 297 g/mol. The molecule has 0 unspecified atom stereocenters. The molecule has 0 radical (unpaired) electrons. The van der Waals surface area contributed by atoms with Gasteiger partial charge in [0.25, 0.3) is 0 Å². The molecular weight excluding hydrogens is 287 g/mol. The normalized spacial score (nSPS) is 10.5. The Balaban J connectivity index is 2.40. The van der Waals surface area contributed by atoms with E-state index < -0.39 is 11.6 Å². The van der Waals surface area contributed by atoms with Crippen LogP contribution in [0.25, 0.3) is 0 Å². The number of carbonyl (C=O) groups excluding carboxylic acids is 1. The first kappa shape index (κ1) is 12.0. The molecule has 1 aromatic heterocycles. The monoisotopic (exact) mass is 296 g/mol. The zero-order chi connectivity index (χ0) is 12.4. The Morgan fingerprint density at radius 1 is 1.35 bits per heavy atom. The quantitative estimate of drug-likeness (QED) is 0.802. The Kier molecular flexibility index (Phi) is 3.43. The lowest BCUT2D eigenvalue weighted by molar-refractivity contribution is 0.100. The van der Waals surface area contributed by atoms with Crippen LogP contribution in [0.15, 0.2) is 39.2 Å². The maximum Gasteiger partial charge on any atom is 0.231 e. The molecule has 0 bridgehead atoms. The van der Waals surface area contributed by atoms with Gasteiger partial charge in [-0.25, -0.2) is 4.39 Å². The fourth-order valence-corrected chi connectivity index (χ4v) is 1.87. The van der Waals surface area contributed by atoms with Gasteiger partial charge in [0, 0.05) is 6.42 Å². The minimum absolute atomic E-state index is 0.0105. The second-order valence-corrected chi connectivity index (χ2v) is 4.40. The van der Waals surface area contributed by atoms with Crippen molar-refractivity contribution in [2.45, 2.75) is 13.3 Å². The van der Waals surface area contributed by atoms with Crippen LogP contribution in [-0.2, 0) is 6.42 Å². The van der Waals surface area contributed by atoms with Crippen LogP contribution >= 0.6 is 15.9 Å². The Morgan fingerprint density at radius 3 is 2.76 bits per heavy atom. The van der Waals surface area contributed by atoms with E-state index >= 15 is 0 Å². The zero-order valence-corrected chi connectivity index (χ0v) is 10.8. The zero-order valence-electron chi connectivity index (χ0n) is 9.17. The van der Waals surface area contributed by atoms with Gasteiger partial charge in [-0.1, -0.05) is 13.0 Å². The van der Waals surface area contributed by atoms with Gasteiger partial charge < -0.3 is 4.42 Å². The number of hydrogen-bond acceptors (Lipinski definition) is 2. The van der Waals surface area contributed by atoms with Gasteiger partial charge in [0.1, 0.15) is 11.6 Å². The summed E-state index contributed by atoms with van der Waals surface area (Å²) in [6.45, 7) is 1.92. The number of furan rings is 1. The van der Waals surface area contributed by atoms with E-state index in [9.17, 15) is 9.18 Å². The van der Waals surface area contributed by atoms with Gasteiger partial charge in [-0.2, -0.15) is 0 Å². The lowest BCUT2D eigenvalue weighted by Crippen LogP contribution is -2.03. The molecule has 0 aliphatic rings. The summed E-state index contributed by atoms with van der Waals surface area (Å²) in [5.74, 6) is -0.127. The van der Waals surface area contributed by atoms with E-state index in [0.717, 1.165) is 0 Å². The van der Waals surface area contributed by atoms with Crippen molar-refractivity contribution in [1.82, 2.24) is 0 Å². The smallest absolute Gasteiger partial charge is 0.231 e. The first-order valence-corrected chi connectivity index (χ1v) is 6.00. The number of rotatable bonds is 3. The largest absolute Gasteiger partial charge is 0.458 e. The van der Waals surface area contributed by atoms with Crippen molar-refractivity contribution in [2.75, 3.05) is 0 Å². The molecule has 0 aliphatic heterocycles. The molecule has 2 aromatic rings. The van der Waals surface area contributed by atoms with Gasteiger partial charge in [-0.3, -0.25) is 4.79 Å². The fraction of sp³-hybridized carbons (Fsp3) is 0.154. The van der Waals surface area contributed by atoms with E-state index in [-0.39, 0.29) is 15.8 Å². The molecule has 88 valence electrons. The van der Waals surface area contributed by atoms with Gasteiger partial charge in [0.2, 0.25) is 5.78 Å². The summed E-state index contributed by atoms with van der Waals surface area (Å²) >= 11 is 3.05. The van der Waals surface area contributed by atoms with Crippen molar-refractivity contribution < 1.29 is 13.6 Å². The summed E-state index contributed by atoms with van der Waals surface area (Å²) in [5, 5.41) is 0. The van der Waals surface area contributed by atoms with Gasteiger partial charge in [-0.05, 0) is 40.2 Å². The lowest BCUT2D eigenvalue weighted by atomic mass is 10.1. The highest BCUT2D eigenvalue weighted by Crippen LogP contribution is 2.22. The van der Waals surface area contributed by atoms with Crippen LogP contribution in [0.3, 0.4) is 0 Å². The van der Waals surface area contributed by atoms with Crippen LogP contribution in [0, 0.1) is 5.82 Å². The molecule has 1 aromatic carbocycles. The summed E-state index contributed by atoms with van der Waals surface area (Å²) in [6.07, 6.45) is 0.703. The minimum atomic E-state index is -0.563. The molecule has 0 saturated carbocycles. The third kappa shape index (κ3) is 2.31. The first-order chi connectivity index (χ1) is 8.13. The highest BCUT2D eigenvalue weighted by molar-refractivity contribution is 9.10. The first-order valence-electron chi connectivity index (χ1n) is 5.21. The number of carbonyl (C=O) groups is 1. The molecule has 0 fully saturated rings. The standard InChI is InChI=1S/C13H10BrFO2/c1-2-8-6-7-11(17-8)13(16)9-4-3-5-10(14)12(9)15/h3-7H,2H2,1H3. The molecule has 4 heteroatoms. The lowest BCUT2D eigenvalue weighted by Gasteiger charge is -2.01. The molecule has 2 nitrogen and oxygen atoms in total. The molecule has 0 aliphatic carbocycles. The van der Waals surface area contributed by atoms with Gasteiger partial charge >= 0.3 is 0 Å². The van der Waals surface area contributed by atoms with Gasteiger partial charge in [0.05, 0.1) is 10.0 Å². The van der Waals surface area contributed by atoms with E-state index in [4.69, 9.17) is 4.42 Å². The second kappa shape index (κ2) is 4.84. The van der Waals surface area contributed by atoms with Crippen molar-refractivity contribution in [2.24, 2.45) is 0 Å². The van der Waals surface area contributed by atoms with Crippen LogP contribution in [0.4, 0.5) is 4.39 Å². The number of halogens is 2. The molecule has 1 heterocycles. The fourth-order valence-electron chi connectivity index (χ4n) is 1.50. The summed E-state index contributed by atoms with van der Waals surface area (Å²) in [6, 6.07) is 7.90. The SMILES string of the molecule is CCc1ccc(C(=O)c2cccc(Br)c2F)o1. The molecule has 17 heavy (non-hydrogen) atoms. The van der Waals surface area contributed by atoms with E-state index in [1.807, 2.05) is 6.92 Å². The van der Waals surface area contributed by atoms with E-state index in [0.29, 0.717) is 12.2 Å². The van der Waals surface area contributed by atoms with E-state index in [2.05, 4.69) is 15.9 Å². The van der Waals surface area contributed by atoms with E-state index in [1.165, 1.54) is 6.07 Å². The highest BCUT2D eigenvalue weighted by atomic mass is 79.9. The predicted octanol–water partition coefficient (Wildman–Crippen LogP) is 3.97. The molecular formula is C13H10BrFO2. The average Bonchev–Trinajstić information content (AvgIpc) is 2.80. The topological polar surface area (TPSA) is 30.2 Å². The van der Waals surface area contributed by atoms with Crippen LogP contribution in [0.1, 0.15) is 28.8 Å². The number of benzene rings is 1. The molecule has 0 spiro atoms. The summed E-state index contributed by atoms with van der Waals surface area (Å²) < 4.78 is 19.3. The predicted molar refractivity (Wildman–Crippen MR) is 65.6 cm³/mol. The Morgan fingerprint density at radius 2 is 2.12 bits per heavy atom. The van der Waals surface area contributed by atoms with Crippen molar-refractivity contribution in [3.8, 4) is 0 Å². The molecule has 2 rings (SSSR count). The maximum absolute atomic E-state index is 13.7. The second-order valence-electron chi connectivity index (χ2n) is 3.55. The van der Waals surface area contributed by atoms with Crippen LogP contribution in [0.5, 0.6) is 0 Å². The maximum atomic E-state index is 13.7. The minimum Gasteiger partial charge on any atom is -0.458 e. The van der Waals surface area contributed by atoms with Gasteiger partial charge in [0.15, 0.2) is 5.76 Å². The Labute approximate surface area is 107 Å². The Bertz CT molecular complexity index is 560. The van der Waals surface area contributed by atoms with Crippen LogP contribution < -0.4 is 0 Å². The molecule has 0 N–H and O–H groups in total. The van der Waals surface area contributed by atoms with Crippen LogP contribution in [-0.4, -0.2) is 5.78 Å². The number of aryl methyl sites for hydroxylation is 1. The highest BCUT2D eigenvalue weighted by Gasteiger charge is 2.18.